The zero-order chi connectivity index (χ0) is 19.3. The van der Waals surface area contributed by atoms with E-state index in [0.29, 0.717) is 11.4 Å². The van der Waals surface area contributed by atoms with E-state index in [0.717, 1.165) is 11.1 Å². The van der Waals surface area contributed by atoms with Crippen molar-refractivity contribution in [2.45, 2.75) is 45.1 Å². The van der Waals surface area contributed by atoms with Crippen LogP contribution in [0.1, 0.15) is 31.4 Å². The fourth-order valence-corrected chi connectivity index (χ4v) is 4.10. The SMILES string of the molecule is Cc1ccc(N(CCC#N)S(=O)(=O)c2ccc(OC(C)C)c(C)c2)cc1. The highest BCUT2D eigenvalue weighted by molar-refractivity contribution is 7.92. The minimum atomic E-state index is -3.78. The van der Waals surface area contributed by atoms with Gasteiger partial charge >= 0.3 is 0 Å². The van der Waals surface area contributed by atoms with E-state index in [1.54, 1.807) is 30.3 Å². The quantitative estimate of drug-likeness (QED) is 0.730. The first-order chi connectivity index (χ1) is 12.3. The van der Waals surface area contributed by atoms with Crippen molar-refractivity contribution in [1.29, 1.82) is 5.26 Å². The zero-order valence-corrected chi connectivity index (χ0v) is 16.4. The van der Waals surface area contributed by atoms with Crippen LogP contribution in [-0.2, 0) is 10.0 Å². The number of rotatable bonds is 7. The van der Waals surface area contributed by atoms with Gasteiger partial charge in [0.25, 0.3) is 10.0 Å². The van der Waals surface area contributed by atoms with Crippen LogP contribution in [-0.4, -0.2) is 21.1 Å². The fraction of sp³-hybridized carbons (Fsp3) is 0.350. The molecule has 0 aliphatic heterocycles. The van der Waals surface area contributed by atoms with Gasteiger partial charge in [0.05, 0.1) is 29.2 Å². The second-order valence-corrected chi connectivity index (χ2v) is 8.28. The summed E-state index contributed by atoms with van der Waals surface area (Å²) < 4.78 is 33.3. The van der Waals surface area contributed by atoms with E-state index in [1.807, 2.05) is 45.9 Å². The topological polar surface area (TPSA) is 70.4 Å². The molecule has 0 aliphatic rings. The van der Waals surface area contributed by atoms with Crippen molar-refractivity contribution in [3.8, 4) is 11.8 Å². The molecule has 0 amide bonds. The first kappa shape index (κ1) is 19.8. The maximum Gasteiger partial charge on any atom is 0.264 e. The lowest BCUT2D eigenvalue weighted by Crippen LogP contribution is -2.32. The van der Waals surface area contributed by atoms with E-state index in [1.165, 1.54) is 4.31 Å². The molecule has 138 valence electrons. The van der Waals surface area contributed by atoms with Gasteiger partial charge in [-0.1, -0.05) is 17.7 Å². The monoisotopic (exact) mass is 372 g/mol. The van der Waals surface area contributed by atoms with E-state index in [2.05, 4.69) is 0 Å². The molecule has 0 saturated heterocycles. The van der Waals surface area contributed by atoms with Crippen molar-refractivity contribution in [1.82, 2.24) is 0 Å². The van der Waals surface area contributed by atoms with Crippen LogP contribution >= 0.6 is 0 Å². The van der Waals surface area contributed by atoms with E-state index in [9.17, 15) is 8.42 Å². The van der Waals surface area contributed by atoms with Crippen LogP contribution in [0, 0.1) is 25.2 Å². The first-order valence-corrected chi connectivity index (χ1v) is 9.93. The van der Waals surface area contributed by atoms with E-state index >= 15 is 0 Å². The second kappa shape index (κ2) is 8.24. The highest BCUT2D eigenvalue weighted by Crippen LogP contribution is 2.28. The molecule has 6 heteroatoms. The lowest BCUT2D eigenvalue weighted by Gasteiger charge is -2.24. The predicted molar refractivity (Wildman–Crippen MR) is 103 cm³/mol. The maximum atomic E-state index is 13.2. The van der Waals surface area contributed by atoms with Crippen LogP contribution in [0.5, 0.6) is 5.75 Å². The van der Waals surface area contributed by atoms with Crippen molar-refractivity contribution in [2.75, 3.05) is 10.8 Å². The summed E-state index contributed by atoms with van der Waals surface area (Å²) in [6.45, 7) is 7.71. The molecule has 0 radical (unpaired) electrons. The van der Waals surface area contributed by atoms with Crippen molar-refractivity contribution < 1.29 is 13.2 Å². The summed E-state index contributed by atoms with van der Waals surface area (Å²) in [6, 6.07) is 14.1. The summed E-state index contributed by atoms with van der Waals surface area (Å²) in [5, 5.41) is 8.92. The highest BCUT2D eigenvalue weighted by Gasteiger charge is 2.25. The van der Waals surface area contributed by atoms with E-state index < -0.39 is 10.0 Å². The number of anilines is 1. The Labute approximate surface area is 155 Å². The molecule has 0 spiro atoms. The van der Waals surface area contributed by atoms with Crippen LogP contribution in [0.15, 0.2) is 47.4 Å². The van der Waals surface area contributed by atoms with Gasteiger partial charge in [0, 0.05) is 6.54 Å². The van der Waals surface area contributed by atoms with Crippen molar-refractivity contribution in [2.24, 2.45) is 0 Å². The molecular weight excluding hydrogens is 348 g/mol. The highest BCUT2D eigenvalue weighted by atomic mass is 32.2. The lowest BCUT2D eigenvalue weighted by atomic mass is 10.2. The predicted octanol–water partition coefficient (Wildman–Crippen LogP) is 4.20. The Hall–Kier alpha value is -2.52. The minimum Gasteiger partial charge on any atom is -0.491 e. The second-order valence-electron chi connectivity index (χ2n) is 6.41. The zero-order valence-electron chi connectivity index (χ0n) is 15.6. The fourth-order valence-electron chi connectivity index (χ4n) is 2.55. The Morgan fingerprint density at radius 1 is 1.12 bits per heavy atom. The van der Waals surface area contributed by atoms with Crippen molar-refractivity contribution >= 4 is 15.7 Å². The van der Waals surface area contributed by atoms with Crippen LogP contribution in [0.3, 0.4) is 0 Å². The Bertz CT molecular complexity index is 898. The molecule has 2 aromatic carbocycles. The normalized spacial score (nSPS) is 11.2. The Kier molecular flexibility index (Phi) is 6.27. The van der Waals surface area contributed by atoms with E-state index in [-0.39, 0.29) is 24.0 Å². The molecule has 0 heterocycles. The third-order valence-corrected chi connectivity index (χ3v) is 5.67. The van der Waals surface area contributed by atoms with Gasteiger partial charge in [0.2, 0.25) is 0 Å². The standard InChI is InChI=1S/C20H24N2O3S/c1-15(2)25-20-11-10-19(14-17(20)4)26(23,24)22(13-5-12-21)18-8-6-16(3)7-9-18/h6-11,14-15H,5,13H2,1-4H3. The van der Waals surface area contributed by atoms with Gasteiger partial charge < -0.3 is 4.74 Å². The molecule has 0 unspecified atom stereocenters. The summed E-state index contributed by atoms with van der Waals surface area (Å²) in [5.74, 6) is 0.665. The molecule has 2 rings (SSSR count). The average Bonchev–Trinajstić information content (AvgIpc) is 2.58. The van der Waals surface area contributed by atoms with Crippen LogP contribution in [0.25, 0.3) is 0 Å². The molecule has 0 bridgehead atoms. The van der Waals surface area contributed by atoms with Gasteiger partial charge in [-0.3, -0.25) is 4.31 Å². The molecule has 2 aromatic rings. The molecule has 0 N–H and O–H groups in total. The molecule has 0 aromatic heterocycles. The molecule has 0 fully saturated rings. The molecular formula is C20H24N2O3S. The Morgan fingerprint density at radius 2 is 1.77 bits per heavy atom. The van der Waals surface area contributed by atoms with Crippen molar-refractivity contribution in [3.63, 3.8) is 0 Å². The van der Waals surface area contributed by atoms with Gasteiger partial charge in [-0.25, -0.2) is 8.42 Å². The smallest absolute Gasteiger partial charge is 0.264 e. The van der Waals surface area contributed by atoms with Gasteiger partial charge in [-0.2, -0.15) is 5.26 Å². The summed E-state index contributed by atoms with van der Waals surface area (Å²) in [7, 11) is -3.78. The minimum absolute atomic E-state index is 0.0100. The number of nitriles is 1. The number of benzene rings is 2. The number of sulfonamides is 1. The molecule has 26 heavy (non-hydrogen) atoms. The van der Waals surface area contributed by atoms with Crippen LogP contribution in [0.4, 0.5) is 5.69 Å². The number of hydrogen-bond donors (Lipinski definition) is 0. The average molecular weight is 372 g/mol. The number of aryl methyl sites for hydroxylation is 2. The van der Waals surface area contributed by atoms with Crippen LogP contribution in [0.2, 0.25) is 0 Å². The Balaban J connectivity index is 2.44. The summed E-state index contributed by atoms with van der Waals surface area (Å²) in [5.41, 5.74) is 2.34. The number of nitrogens with zero attached hydrogens (tertiary/aromatic N) is 2. The van der Waals surface area contributed by atoms with Gasteiger partial charge in [-0.15, -0.1) is 0 Å². The van der Waals surface area contributed by atoms with E-state index in [4.69, 9.17) is 10.00 Å². The molecule has 0 saturated carbocycles. The van der Waals surface area contributed by atoms with Gasteiger partial charge in [0.15, 0.2) is 0 Å². The Morgan fingerprint density at radius 3 is 2.31 bits per heavy atom. The van der Waals surface area contributed by atoms with Gasteiger partial charge in [-0.05, 0) is 63.6 Å². The molecule has 0 atom stereocenters. The largest absolute Gasteiger partial charge is 0.491 e. The summed E-state index contributed by atoms with van der Waals surface area (Å²) in [4.78, 5) is 0.185. The summed E-state index contributed by atoms with van der Waals surface area (Å²) >= 11 is 0. The van der Waals surface area contributed by atoms with Crippen molar-refractivity contribution in [3.05, 3.63) is 53.6 Å². The third-order valence-electron chi connectivity index (χ3n) is 3.85. The number of hydrogen-bond acceptors (Lipinski definition) is 4. The molecule has 0 aliphatic carbocycles. The lowest BCUT2D eigenvalue weighted by molar-refractivity contribution is 0.240. The van der Waals surface area contributed by atoms with Gasteiger partial charge in [0.1, 0.15) is 5.75 Å². The number of ether oxygens (including phenoxy) is 1. The van der Waals surface area contributed by atoms with Crippen LogP contribution < -0.4 is 9.04 Å². The maximum absolute atomic E-state index is 13.2. The third kappa shape index (κ3) is 4.55. The first-order valence-electron chi connectivity index (χ1n) is 8.49. The summed E-state index contributed by atoms with van der Waals surface area (Å²) in [6.07, 6.45) is 0.122. The molecule has 5 nitrogen and oxygen atoms in total.